The van der Waals surface area contributed by atoms with Crippen LogP contribution in [0.5, 0.6) is 0 Å². The Morgan fingerprint density at radius 2 is 1.83 bits per heavy atom. The first kappa shape index (κ1) is 18.0. The van der Waals surface area contributed by atoms with Crippen LogP contribution in [0.1, 0.15) is 24.3 Å². The highest BCUT2D eigenvalue weighted by Crippen LogP contribution is 2.23. The number of anilines is 1. The van der Waals surface area contributed by atoms with E-state index in [1.807, 2.05) is 43.3 Å². The molecule has 0 fully saturated rings. The van der Waals surface area contributed by atoms with Crippen molar-refractivity contribution in [2.45, 2.75) is 13.8 Å². The average Bonchev–Trinajstić information content (AvgIpc) is 3.09. The molecule has 1 heterocycles. The van der Waals surface area contributed by atoms with Crippen LogP contribution in [0.25, 0.3) is 11.3 Å². The number of aromatic nitrogens is 1. The van der Waals surface area contributed by atoms with Gasteiger partial charge in [0.15, 0.2) is 11.5 Å². The lowest BCUT2D eigenvalue weighted by molar-refractivity contribution is 0.0940. The number of carbonyl (C=O) groups excluding carboxylic acids is 1. The summed E-state index contributed by atoms with van der Waals surface area (Å²) < 4.78 is 5.31. The Bertz CT molecular complexity index is 645. The summed E-state index contributed by atoms with van der Waals surface area (Å²) in [5.41, 5.74) is 2.31. The molecule has 0 unspecified atom stereocenters. The number of nitrogens with one attached hydrogen (secondary N) is 1. The van der Waals surface area contributed by atoms with Crippen molar-refractivity contribution < 1.29 is 9.32 Å². The Kier molecular flexibility index (Phi) is 6.37. The molecule has 0 aliphatic rings. The van der Waals surface area contributed by atoms with Crippen LogP contribution < -0.4 is 10.2 Å². The highest BCUT2D eigenvalue weighted by Gasteiger charge is 2.13. The van der Waals surface area contributed by atoms with Gasteiger partial charge in [0.1, 0.15) is 0 Å². The van der Waals surface area contributed by atoms with Crippen molar-refractivity contribution in [2.24, 2.45) is 0 Å². The molecule has 1 N–H and O–H groups in total. The molecule has 0 atom stereocenters. The van der Waals surface area contributed by atoms with Crippen LogP contribution in [-0.2, 0) is 0 Å². The van der Waals surface area contributed by atoms with E-state index in [-0.39, 0.29) is 5.91 Å². The Morgan fingerprint density at radius 1 is 1.17 bits per heavy atom. The maximum Gasteiger partial charge on any atom is 0.273 e. The lowest BCUT2D eigenvalue weighted by Gasteiger charge is -2.17. The van der Waals surface area contributed by atoms with E-state index in [1.165, 1.54) is 0 Å². The summed E-state index contributed by atoms with van der Waals surface area (Å²) >= 11 is 0. The van der Waals surface area contributed by atoms with Gasteiger partial charge in [0.2, 0.25) is 0 Å². The van der Waals surface area contributed by atoms with Gasteiger partial charge in [0.25, 0.3) is 5.91 Å². The molecule has 2 aromatic rings. The van der Waals surface area contributed by atoms with Crippen molar-refractivity contribution in [1.82, 2.24) is 15.4 Å². The first-order valence-electron chi connectivity index (χ1n) is 8.30. The normalized spacial score (nSPS) is 10.9. The van der Waals surface area contributed by atoms with Crippen molar-refractivity contribution in [1.29, 1.82) is 0 Å². The molecule has 0 aliphatic carbocycles. The minimum Gasteiger partial charge on any atom is -0.378 e. The third-order valence-corrected chi connectivity index (χ3v) is 4.02. The first-order chi connectivity index (χ1) is 11.5. The SMILES string of the molecule is CCN(CC)CCNC(=O)c1cc(-c2ccc(N(C)C)cc2)on1. The second-order valence-corrected chi connectivity index (χ2v) is 5.80. The molecule has 1 aromatic heterocycles. The number of hydrogen-bond donors (Lipinski definition) is 1. The minimum atomic E-state index is -0.206. The zero-order valence-corrected chi connectivity index (χ0v) is 14.9. The highest BCUT2D eigenvalue weighted by molar-refractivity contribution is 5.93. The third kappa shape index (κ3) is 4.58. The summed E-state index contributed by atoms with van der Waals surface area (Å²) in [5.74, 6) is 0.385. The number of rotatable bonds is 8. The molecule has 24 heavy (non-hydrogen) atoms. The van der Waals surface area contributed by atoms with Gasteiger partial charge in [-0.15, -0.1) is 0 Å². The van der Waals surface area contributed by atoms with E-state index >= 15 is 0 Å². The highest BCUT2D eigenvalue weighted by atomic mass is 16.5. The van der Waals surface area contributed by atoms with Crippen molar-refractivity contribution in [3.8, 4) is 11.3 Å². The summed E-state index contributed by atoms with van der Waals surface area (Å²) in [7, 11) is 3.98. The molecule has 0 saturated heterocycles. The number of benzene rings is 1. The van der Waals surface area contributed by atoms with Crippen LogP contribution >= 0.6 is 0 Å². The standard InChI is InChI=1S/C18H26N4O2/c1-5-22(6-2)12-11-19-18(23)16-13-17(24-20-16)14-7-9-15(10-8-14)21(3)4/h7-10,13H,5-6,11-12H2,1-4H3,(H,19,23). The van der Waals surface area contributed by atoms with E-state index in [4.69, 9.17) is 4.52 Å². The van der Waals surface area contributed by atoms with Crippen molar-refractivity contribution >= 4 is 11.6 Å². The van der Waals surface area contributed by atoms with E-state index in [2.05, 4.69) is 29.2 Å². The smallest absolute Gasteiger partial charge is 0.273 e. The van der Waals surface area contributed by atoms with E-state index in [1.54, 1.807) is 6.07 Å². The van der Waals surface area contributed by atoms with Crippen molar-refractivity contribution in [2.75, 3.05) is 45.2 Å². The van der Waals surface area contributed by atoms with Crippen molar-refractivity contribution in [3.05, 3.63) is 36.0 Å². The maximum absolute atomic E-state index is 12.1. The van der Waals surface area contributed by atoms with Gasteiger partial charge in [-0.25, -0.2) is 0 Å². The van der Waals surface area contributed by atoms with Crippen LogP contribution in [-0.4, -0.2) is 56.2 Å². The molecule has 0 radical (unpaired) electrons. The number of nitrogens with zero attached hydrogens (tertiary/aromatic N) is 3. The number of carbonyl (C=O) groups is 1. The molecular formula is C18H26N4O2. The zero-order chi connectivity index (χ0) is 17.5. The second-order valence-electron chi connectivity index (χ2n) is 5.80. The van der Waals surface area contributed by atoms with Gasteiger partial charge in [-0.2, -0.15) is 0 Å². The quantitative estimate of drug-likeness (QED) is 0.806. The van der Waals surface area contributed by atoms with Gasteiger partial charge in [-0.1, -0.05) is 19.0 Å². The van der Waals surface area contributed by atoms with Crippen LogP contribution in [0.15, 0.2) is 34.9 Å². The molecule has 6 heteroatoms. The Morgan fingerprint density at radius 3 is 2.42 bits per heavy atom. The molecule has 0 aliphatic heterocycles. The number of likely N-dealkylation sites (N-methyl/N-ethyl adjacent to an activating group) is 1. The van der Waals surface area contributed by atoms with Gasteiger partial charge >= 0.3 is 0 Å². The summed E-state index contributed by atoms with van der Waals surface area (Å²) in [6, 6.07) is 9.59. The van der Waals surface area contributed by atoms with Gasteiger partial charge in [-0.05, 0) is 37.4 Å². The lowest BCUT2D eigenvalue weighted by atomic mass is 10.1. The second kappa shape index (κ2) is 8.49. The van der Waals surface area contributed by atoms with E-state index < -0.39 is 0 Å². The molecular weight excluding hydrogens is 304 g/mol. The van der Waals surface area contributed by atoms with Gasteiger partial charge in [-0.3, -0.25) is 4.79 Å². The van der Waals surface area contributed by atoms with E-state index in [9.17, 15) is 4.79 Å². The molecule has 1 amide bonds. The molecule has 1 aromatic carbocycles. The predicted molar refractivity (Wildman–Crippen MR) is 96.4 cm³/mol. The average molecular weight is 330 g/mol. The molecule has 0 bridgehead atoms. The predicted octanol–water partition coefficient (Wildman–Crippen LogP) is 2.48. The van der Waals surface area contributed by atoms with E-state index in [0.29, 0.717) is 18.0 Å². The van der Waals surface area contributed by atoms with Crippen LogP contribution in [0, 0.1) is 0 Å². The monoisotopic (exact) mass is 330 g/mol. The molecule has 6 nitrogen and oxygen atoms in total. The first-order valence-corrected chi connectivity index (χ1v) is 8.30. The molecule has 0 saturated carbocycles. The fourth-order valence-electron chi connectivity index (χ4n) is 2.40. The Hall–Kier alpha value is -2.34. The lowest BCUT2D eigenvalue weighted by Crippen LogP contribution is -2.34. The Labute approximate surface area is 143 Å². The number of amides is 1. The zero-order valence-electron chi connectivity index (χ0n) is 14.9. The van der Waals surface area contributed by atoms with Crippen molar-refractivity contribution in [3.63, 3.8) is 0 Å². The summed E-state index contributed by atoms with van der Waals surface area (Å²) in [5, 5.41) is 6.75. The van der Waals surface area contributed by atoms with Crippen LogP contribution in [0.2, 0.25) is 0 Å². The fourth-order valence-corrected chi connectivity index (χ4v) is 2.40. The molecule has 130 valence electrons. The summed E-state index contributed by atoms with van der Waals surface area (Å²) in [6.07, 6.45) is 0. The largest absolute Gasteiger partial charge is 0.378 e. The minimum absolute atomic E-state index is 0.206. The number of hydrogen-bond acceptors (Lipinski definition) is 5. The fraction of sp³-hybridized carbons (Fsp3) is 0.444. The molecule has 2 rings (SSSR count). The van der Waals surface area contributed by atoms with Crippen LogP contribution in [0.4, 0.5) is 5.69 Å². The van der Waals surface area contributed by atoms with Gasteiger partial charge in [0.05, 0.1) is 0 Å². The van der Waals surface area contributed by atoms with Gasteiger partial charge in [0, 0.05) is 44.5 Å². The molecule has 0 spiro atoms. The summed E-state index contributed by atoms with van der Waals surface area (Å²) in [4.78, 5) is 16.4. The summed E-state index contributed by atoms with van der Waals surface area (Å²) in [6.45, 7) is 7.59. The van der Waals surface area contributed by atoms with Crippen LogP contribution in [0.3, 0.4) is 0 Å². The van der Waals surface area contributed by atoms with Gasteiger partial charge < -0.3 is 19.6 Å². The van der Waals surface area contributed by atoms with E-state index in [0.717, 1.165) is 30.9 Å². The topological polar surface area (TPSA) is 61.6 Å². The maximum atomic E-state index is 12.1. The Balaban J connectivity index is 1.95. The third-order valence-electron chi connectivity index (χ3n) is 4.02.